The lowest BCUT2D eigenvalue weighted by molar-refractivity contribution is 0.0739. The van der Waals surface area contributed by atoms with Gasteiger partial charge in [0, 0.05) is 24.6 Å². The first-order valence-electron chi connectivity index (χ1n) is 13.5. The average molecular weight is 545 g/mol. The number of hydrogen-bond donors (Lipinski definition) is 0. The van der Waals surface area contributed by atoms with E-state index < -0.39 is 0 Å². The lowest BCUT2D eigenvalue weighted by Gasteiger charge is -2.27. The van der Waals surface area contributed by atoms with Crippen LogP contribution in [-0.2, 0) is 13.0 Å². The number of benzene rings is 4. The predicted molar refractivity (Wildman–Crippen MR) is 160 cm³/mol. The molecule has 0 heterocycles. The number of carbonyl (C=O) groups excluding carboxylic acids is 1. The van der Waals surface area contributed by atoms with Crippen molar-refractivity contribution in [2.45, 2.75) is 51.5 Å². The number of hydrogen-bond acceptors (Lipinski definition) is 1. The van der Waals surface area contributed by atoms with Crippen LogP contribution in [0.5, 0.6) is 0 Å². The van der Waals surface area contributed by atoms with Crippen molar-refractivity contribution in [3.8, 4) is 0 Å². The second-order valence-electron chi connectivity index (χ2n) is 9.79. The van der Waals surface area contributed by atoms with Crippen molar-refractivity contribution < 1.29 is 4.79 Å². The van der Waals surface area contributed by atoms with E-state index in [0.29, 0.717) is 28.7 Å². The summed E-state index contributed by atoms with van der Waals surface area (Å²) in [4.78, 5) is 15.8. The number of carbonyl (C=O) groups is 1. The Balaban J connectivity index is 1.58. The van der Waals surface area contributed by atoms with Crippen molar-refractivity contribution in [1.82, 2.24) is 4.90 Å². The highest BCUT2D eigenvalue weighted by atomic mass is 35.5. The molecule has 0 radical (unpaired) electrons. The Bertz CT molecular complexity index is 1250. The van der Waals surface area contributed by atoms with Crippen molar-refractivity contribution in [1.29, 1.82) is 0 Å². The van der Waals surface area contributed by atoms with Gasteiger partial charge in [0.2, 0.25) is 0 Å². The average Bonchev–Trinajstić information content (AvgIpc) is 2.96. The summed E-state index contributed by atoms with van der Waals surface area (Å²) in [5.41, 5.74) is 5.44. The number of unbranched alkanes of at least 4 members (excludes halogenated alkanes) is 2. The van der Waals surface area contributed by atoms with E-state index in [0.717, 1.165) is 18.4 Å². The summed E-state index contributed by atoms with van der Waals surface area (Å²) in [6.45, 7) is 3.28. The molecule has 0 aliphatic heterocycles. The molecule has 0 spiro atoms. The van der Waals surface area contributed by atoms with Gasteiger partial charge in [0.05, 0.1) is 10.0 Å². The molecular weight excluding hydrogens is 509 g/mol. The van der Waals surface area contributed by atoms with Crippen LogP contribution in [0.15, 0.2) is 103 Å². The highest BCUT2D eigenvalue weighted by Crippen LogP contribution is 2.29. The van der Waals surface area contributed by atoms with Crippen molar-refractivity contribution in [2.24, 2.45) is 0 Å². The second kappa shape index (κ2) is 14.2. The van der Waals surface area contributed by atoms with Crippen LogP contribution in [0.25, 0.3) is 0 Å². The number of nitrogens with zero attached hydrogens (tertiary/aromatic N) is 1. The molecule has 0 saturated carbocycles. The van der Waals surface area contributed by atoms with Crippen LogP contribution in [0.2, 0.25) is 10.0 Å². The van der Waals surface area contributed by atoms with Crippen LogP contribution in [0, 0.1) is 0 Å². The fourth-order valence-electron chi connectivity index (χ4n) is 4.87. The lowest BCUT2D eigenvalue weighted by atomic mass is 9.88. The fraction of sp³-hybridized carbons (Fsp3) is 0.265. The topological polar surface area (TPSA) is 20.3 Å². The monoisotopic (exact) mass is 543 g/mol. The third-order valence-electron chi connectivity index (χ3n) is 7.01. The van der Waals surface area contributed by atoms with E-state index in [1.807, 2.05) is 41.3 Å². The Morgan fingerprint density at radius 3 is 1.92 bits per heavy atom. The Hall–Kier alpha value is -3.07. The summed E-state index contributed by atoms with van der Waals surface area (Å²) < 4.78 is 0. The summed E-state index contributed by atoms with van der Waals surface area (Å²) in [5, 5.41) is 1.01. The van der Waals surface area contributed by atoms with Crippen LogP contribution in [-0.4, -0.2) is 17.4 Å². The second-order valence-corrected chi connectivity index (χ2v) is 10.6. The maximum atomic E-state index is 13.8. The van der Waals surface area contributed by atoms with Crippen molar-refractivity contribution >= 4 is 29.1 Å². The maximum absolute atomic E-state index is 13.8. The predicted octanol–water partition coefficient (Wildman–Crippen LogP) is 9.59. The molecule has 0 N–H and O–H groups in total. The molecule has 196 valence electrons. The number of halogens is 2. The lowest BCUT2D eigenvalue weighted by Crippen LogP contribution is -2.32. The van der Waals surface area contributed by atoms with Gasteiger partial charge in [-0.1, -0.05) is 122 Å². The van der Waals surface area contributed by atoms with Gasteiger partial charge >= 0.3 is 0 Å². The summed E-state index contributed by atoms with van der Waals surface area (Å²) in [6.07, 6.45) is 5.45. The van der Waals surface area contributed by atoms with Crippen LogP contribution < -0.4 is 0 Å². The zero-order chi connectivity index (χ0) is 26.7. The van der Waals surface area contributed by atoms with Crippen LogP contribution in [0.3, 0.4) is 0 Å². The minimum atomic E-state index is 0.0241. The summed E-state index contributed by atoms with van der Waals surface area (Å²) in [6, 6.07) is 34.8. The van der Waals surface area contributed by atoms with Crippen molar-refractivity contribution in [3.63, 3.8) is 0 Å². The van der Waals surface area contributed by atoms with Gasteiger partial charge in [-0.15, -0.1) is 0 Å². The molecule has 4 aromatic rings. The van der Waals surface area contributed by atoms with Gasteiger partial charge in [-0.2, -0.15) is 0 Å². The van der Waals surface area contributed by atoms with Gasteiger partial charge in [-0.05, 0) is 65.8 Å². The highest BCUT2D eigenvalue weighted by molar-refractivity contribution is 6.42. The molecular formula is C34H35Cl2NO. The number of amides is 1. The molecule has 0 bridgehead atoms. The molecule has 1 amide bonds. The zero-order valence-electron chi connectivity index (χ0n) is 22.0. The number of rotatable bonds is 12. The van der Waals surface area contributed by atoms with E-state index in [2.05, 4.69) is 67.6 Å². The van der Waals surface area contributed by atoms with Gasteiger partial charge in [0.1, 0.15) is 0 Å². The van der Waals surface area contributed by atoms with E-state index in [-0.39, 0.29) is 11.8 Å². The quantitative estimate of drug-likeness (QED) is 0.163. The molecule has 0 unspecified atom stereocenters. The molecule has 0 atom stereocenters. The molecule has 4 heteroatoms. The third-order valence-corrected chi connectivity index (χ3v) is 7.75. The van der Waals surface area contributed by atoms with Crippen molar-refractivity contribution in [2.75, 3.05) is 6.54 Å². The van der Waals surface area contributed by atoms with Crippen LogP contribution in [0.1, 0.15) is 71.1 Å². The third kappa shape index (κ3) is 7.72. The van der Waals surface area contributed by atoms with Gasteiger partial charge in [0.15, 0.2) is 0 Å². The molecule has 0 aliphatic carbocycles. The minimum absolute atomic E-state index is 0.0241. The summed E-state index contributed by atoms with van der Waals surface area (Å²) >= 11 is 12.5. The van der Waals surface area contributed by atoms with Crippen LogP contribution in [0.4, 0.5) is 0 Å². The molecule has 4 aromatic carbocycles. The Morgan fingerprint density at radius 2 is 1.34 bits per heavy atom. The first-order chi connectivity index (χ1) is 18.5. The molecule has 4 rings (SSSR count). The highest BCUT2D eigenvalue weighted by Gasteiger charge is 2.21. The minimum Gasteiger partial charge on any atom is -0.334 e. The molecule has 0 saturated heterocycles. The van der Waals surface area contributed by atoms with E-state index in [9.17, 15) is 4.79 Å². The smallest absolute Gasteiger partial charge is 0.254 e. The largest absolute Gasteiger partial charge is 0.334 e. The summed E-state index contributed by atoms with van der Waals surface area (Å²) in [7, 11) is 0. The van der Waals surface area contributed by atoms with E-state index >= 15 is 0 Å². The fourth-order valence-corrected chi connectivity index (χ4v) is 5.19. The van der Waals surface area contributed by atoms with E-state index in [1.165, 1.54) is 36.0 Å². The Labute approximate surface area is 237 Å². The van der Waals surface area contributed by atoms with Crippen molar-refractivity contribution in [3.05, 3.63) is 141 Å². The van der Waals surface area contributed by atoms with Gasteiger partial charge in [-0.3, -0.25) is 4.79 Å². The van der Waals surface area contributed by atoms with Gasteiger partial charge in [0.25, 0.3) is 5.91 Å². The number of aryl methyl sites for hydroxylation is 1. The molecule has 0 aliphatic rings. The maximum Gasteiger partial charge on any atom is 0.254 e. The Morgan fingerprint density at radius 1 is 0.737 bits per heavy atom. The van der Waals surface area contributed by atoms with E-state index in [1.54, 1.807) is 6.07 Å². The molecule has 0 fully saturated rings. The molecule has 2 nitrogen and oxygen atoms in total. The van der Waals surface area contributed by atoms with Gasteiger partial charge < -0.3 is 4.90 Å². The van der Waals surface area contributed by atoms with Crippen LogP contribution >= 0.6 is 23.2 Å². The summed E-state index contributed by atoms with van der Waals surface area (Å²) in [5.74, 6) is 0.207. The normalized spacial score (nSPS) is 11.1. The Kier molecular flexibility index (Phi) is 10.4. The van der Waals surface area contributed by atoms with Gasteiger partial charge in [-0.25, -0.2) is 0 Å². The zero-order valence-corrected chi connectivity index (χ0v) is 23.5. The SMILES string of the molecule is CCCCCc1ccc(C(=O)N(CCC(c2ccccc2)c2ccccc2)Cc2ccc(Cl)c(Cl)c2)cc1. The molecule has 38 heavy (non-hydrogen) atoms. The standard InChI is InChI=1S/C34H35Cl2NO/c1-2-3-6-11-26-16-19-30(20-17-26)34(38)37(25-27-18-21-32(35)33(36)24-27)23-22-31(28-12-7-4-8-13-28)29-14-9-5-10-15-29/h4-5,7-10,12-21,24,31H,2-3,6,11,22-23,25H2,1H3. The first kappa shape index (κ1) is 28.0. The molecule has 0 aromatic heterocycles. The first-order valence-corrected chi connectivity index (χ1v) is 14.2. The van der Waals surface area contributed by atoms with E-state index in [4.69, 9.17) is 23.2 Å².